The zero-order valence-corrected chi connectivity index (χ0v) is 19.5. The molecule has 0 amide bonds. The number of nitrogens with zero attached hydrogens (tertiary/aromatic N) is 3. The van der Waals surface area contributed by atoms with Crippen LogP contribution in [0.4, 0.5) is 11.4 Å². The number of benzene rings is 2. The molecule has 27 heavy (non-hydrogen) atoms. The van der Waals surface area contributed by atoms with Crippen molar-refractivity contribution in [2.75, 3.05) is 51.1 Å². The van der Waals surface area contributed by atoms with Crippen molar-refractivity contribution in [2.45, 2.75) is 14.2 Å². The minimum absolute atomic E-state index is 0.0893. The van der Waals surface area contributed by atoms with E-state index in [9.17, 15) is 0 Å². The average molecular weight is 493 g/mol. The molecule has 0 bridgehead atoms. The fourth-order valence-electron chi connectivity index (χ4n) is 3.16. The first kappa shape index (κ1) is 20.6. The fraction of sp³-hybridized carbons (Fsp3) is 0.364. The number of alkyl halides is 1. The highest BCUT2D eigenvalue weighted by Crippen LogP contribution is 2.54. The zero-order valence-electron chi connectivity index (χ0n) is 16.5. The summed E-state index contributed by atoms with van der Waals surface area (Å²) in [6, 6.07) is 17.5. The second kappa shape index (κ2) is 8.88. The molecule has 1 unspecified atom stereocenters. The van der Waals surface area contributed by atoms with E-state index in [0.29, 0.717) is 0 Å². The van der Waals surface area contributed by atoms with Crippen LogP contribution >= 0.6 is 34.4 Å². The molecule has 2 aromatic carbocycles. The first-order valence-corrected chi connectivity index (χ1v) is 11.1. The molecule has 2 aromatic rings. The van der Waals surface area contributed by atoms with E-state index >= 15 is 0 Å². The van der Waals surface area contributed by atoms with E-state index < -0.39 is 0 Å². The summed E-state index contributed by atoms with van der Waals surface area (Å²) in [6.45, 7) is 2.15. The summed E-state index contributed by atoms with van der Waals surface area (Å²) in [5, 5.41) is 0. The molecule has 144 valence electrons. The van der Waals surface area contributed by atoms with Crippen LogP contribution in [0, 0.1) is 0 Å². The van der Waals surface area contributed by atoms with E-state index in [1.165, 1.54) is 21.8 Å². The Morgan fingerprint density at radius 3 is 2.41 bits per heavy atom. The standard InChI is InChI=1S/C22H28IN3S/c1-24(2)16-7-17-26-20-8-5-6-9-21(20)27-22(26,23)15-14-18-10-12-19(13-11-18)25(3)4/h5-6,8-15H,7,16-17H2,1-4H3. The van der Waals surface area contributed by atoms with Crippen molar-refractivity contribution in [1.29, 1.82) is 0 Å². The van der Waals surface area contributed by atoms with Crippen LogP contribution in [0.15, 0.2) is 59.5 Å². The summed E-state index contributed by atoms with van der Waals surface area (Å²) < 4.78 is -0.0893. The lowest BCUT2D eigenvalue weighted by Gasteiger charge is -2.32. The van der Waals surface area contributed by atoms with Crippen LogP contribution in [0.2, 0.25) is 0 Å². The molecule has 1 atom stereocenters. The predicted molar refractivity (Wildman–Crippen MR) is 129 cm³/mol. The van der Waals surface area contributed by atoms with Gasteiger partial charge in [-0.25, -0.2) is 0 Å². The third-order valence-corrected chi connectivity index (χ3v) is 7.47. The number of anilines is 2. The number of hydrogen-bond acceptors (Lipinski definition) is 4. The molecule has 1 aliphatic rings. The Bertz CT molecular complexity index is 788. The van der Waals surface area contributed by atoms with Gasteiger partial charge in [0.15, 0.2) is 2.88 Å². The number of rotatable bonds is 7. The molecule has 0 saturated heterocycles. The first-order chi connectivity index (χ1) is 12.9. The molecule has 3 nitrogen and oxygen atoms in total. The maximum Gasteiger partial charge on any atom is 0.162 e. The van der Waals surface area contributed by atoms with Crippen molar-refractivity contribution in [3.8, 4) is 0 Å². The van der Waals surface area contributed by atoms with Gasteiger partial charge in [-0.2, -0.15) is 0 Å². The molecule has 0 aliphatic carbocycles. The van der Waals surface area contributed by atoms with E-state index in [4.69, 9.17) is 0 Å². The van der Waals surface area contributed by atoms with Gasteiger partial charge >= 0.3 is 0 Å². The van der Waals surface area contributed by atoms with Crippen LogP contribution in [0.5, 0.6) is 0 Å². The summed E-state index contributed by atoms with van der Waals surface area (Å²) >= 11 is 4.54. The number of para-hydroxylation sites is 1. The van der Waals surface area contributed by atoms with Gasteiger partial charge in [0.1, 0.15) is 0 Å². The molecule has 0 aromatic heterocycles. The van der Waals surface area contributed by atoms with Gasteiger partial charge in [0, 0.05) is 31.2 Å². The third-order valence-electron chi connectivity index (χ3n) is 4.66. The zero-order chi connectivity index (χ0) is 19.4. The van der Waals surface area contributed by atoms with Crippen LogP contribution in [-0.2, 0) is 0 Å². The van der Waals surface area contributed by atoms with Crippen molar-refractivity contribution in [1.82, 2.24) is 4.90 Å². The first-order valence-electron chi connectivity index (χ1n) is 9.25. The van der Waals surface area contributed by atoms with Gasteiger partial charge < -0.3 is 14.7 Å². The highest BCUT2D eigenvalue weighted by molar-refractivity contribution is 14.1. The quantitative estimate of drug-likeness (QED) is 0.290. The van der Waals surface area contributed by atoms with Gasteiger partial charge in [-0.1, -0.05) is 42.1 Å². The number of thioether (sulfide) groups is 1. The maximum absolute atomic E-state index is 2.60. The lowest BCUT2D eigenvalue weighted by Crippen LogP contribution is -2.37. The lowest BCUT2D eigenvalue weighted by molar-refractivity contribution is 0.400. The normalized spacial score (nSPS) is 19.1. The summed E-state index contributed by atoms with van der Waals surface area (Å²) in [5.41, 5.74) is 3.81. The molecule has 3 rings (SSSR count). The predicted octanol–water partition coefficient (Wildman–Crippen LogP) is 5.42. The van der Waals surface area contributed by atoms with Crippen LogP contribution in [0.3, 0.4) is 0 Å². The minimum atomic E-state index is -0.0893. The van der Waals surface area contributed by atoms with Crippen molar-refractivity contribution in [3.05, 3.63) is 60.2 Å². The molecule has 5 heteroatoms. The van der Waals surface area contributed by atoms with Crippen molar-refractivity contribution >= 4 is 51.8 Å². The largest absolute Gasteiger partial charge is 0.378 e. The molecule has 0 radical (unpaired) electrons. The van der Waals surface area contributed by atoms with E-state index in [1.54, 1.807) is 0 Å². The Kier molecular flexibility index (Phi) is 6.76. The van der Waals surface area contributed by atoms with Crippen LogP contribution in [-0.4, -0.2) is 49.1 Å². The Hall–Kier alpha value is -1.18. The van der Waals surface area contributed by atoms with E-state index in [1.807, 2.05) is 11.8 Å². The van der Waals surface area contributed by atoms with Gasteiger partial charge in [0.05, 0.1) is 5.69 Å². The summed E-state index contributed by atoms with van der Waals surface area (Å²) in [7, 11) is 8.42. The highest BCUT2D eigenvalue weighted by Gasteiger charge is 2.40. The summed E-state index contributed by atoms with van der Waals surface area (Å²) in [6.07, 6.45) is 5.75. The van der Waals surface area contributed by atoms with Gasteiger partial charge in [-0.3, -0.25) is 0 Å². The Morgan fingerprint density at radius 2 is 1.74 bits per heavy atom. The van der Waals surface area contributed by atoms with E-state index in [0.717, 1.165) is 19.5 Å². The van der Waals surface area contributed by atoms with Gasteiger partial charge in [0.2, 0.25) is 0 Å². The minimum Gasteiger partial charge on any atom is -0.378 e. The van der Waals surface area contributed by atoms with Gasteiger partial charge in [-0.15, -0.1) is 0 Å². The number of fused-ring (bicyclic) bond motifs is 1. The highest BCUT2D eigenvalue weighted by atomic mass is 127. The van der Waals surface area contributed by atoms with E-state index in [2.05, 4.69) is 126 Å². The average Bonchev–Trinajstić information content (AvgIpc) is 2.92. The second-order valence-electron chi connectivity index (χ2n) is 7.31. The van der Waals surface area contributed by atoms with E-state index in [-0.39, 0.29) is 2.88 Å². The molecular weight excluding hydrogens is 465 g/mol. The summed E-state index contributed by atoms with van der Waals surface area (Å²) in [5.74, 6) is 0. The van der Waals surface area contributed by atoms with Crippen molar-refractivity contribution in [3.63, 3.8) is 0 Å². The fourth-order valence-corrected chi connectivity index (χ4v) is 5.73. The van der Waals surface area contributed by atoms with Crippen LogP contribution < -0.4 is 9.80 Å². The SMILES string of the molecule is CN(C)CCCN1c2ccccc2SC1(I)C=Cc1ccc(N(C)C)cc1. The molecule has 0 spiro atoms. The topological polar surface area (TPSA) is 9.72 Å². The third kappa shape index (κ3) is 5.00. The molecule has 0 saturated carbocycles. The molecule has 0 N–H and O–H groups in total. The Labute approximate surface area is 181 Å². The van der Waals surface area contributed by atoms with Crippen LogP contribution in [0.25, 0.3) is 6.08 Å². The molecule has 0 fully saturated rings. The van der Waals surface area contributed by atoms with Gasteiger partial charge in [0.25, 0.3) is 0 Å². The van der Waals surface area contributed by atoms with Crippen LogP contribution in [0.1, 0.15) is 12.0 Å². The Balaban J connectivity index is 1.80. The molecule has 1 heterocycles. The van der Waals surface area contributed by atoms with Crippen molar-refractivity contribution < 1.29 is 0 Å². The number of hydrogen-bond donors (Lipinski definition) is 0. The second-order valence-corrected chi connectivity index (χ2v) is 10.9. The smallest absolute Gasteiger partial charge is 0.162 e. The summed E-state index contributed by atoms with van der Waals surface area (Å²) in [4.78, 5) is 8.29. The van der Waals surface area contributed by atoms with Crippen molar-refractivity contribution in [2.24, 2.45) is 0 Å². The monoisotopic (exact) mass is 493 g/mol. The Morgan fingerprint density at radius 1 is 1.04 bits per heavy atom. The molecule has 1 aliphatic heterocycles. The maximum atomic E-state index is 2.60. The van der Waals surface area contributed by atoms with Gasteiger partial charge in [-0.05, 0) is 85.6 Å². The number of halogens is 1. The lowest BCUT2D eigenvalue weighted by atomic mass is 10.2. The molecular formula is C22H28IN3S.